The zero-order valence-electron chi connectivity index (χ0n) is 11.9. The fourth-order valence-corrected chi connectivity index (χ4v) is 1.56. The van der Waals surface area contributed by atoms with Gasteiger partial charge in [0, 0.05) is 33.3 Å². The van der Waals surface area contributed by atoms with Crippen molar-refractivity contribution in [3.05, 3.63) is 23.9 Å². The molecule has 0 saturated heterocycles. The first-order valence-electron chi connectivity index (χ1n) is 6.17. The molecule has 0 bridgehead atoms. The highest BCUT2D eigenvalue weighted by Crippen LogP contribution is 2.18. The molecule has 1 aromatic heterocycles. The van der Waals surface area contributed by atoms with E-state index >= 15 is 0 Å². The van der Waals surface area contributed by atoms with Gasteiger partial charge in [-0.3, -0.25) is 4.79 Å². The molecule has 4 nitrogen and oxygen atoms in total. The number of rotatable bonds is 4. The van der Waals surface area contributed by atoms with Gasteiger partial charge in [-0.15, -0.1) is 0 Å². The van der Waals surface area contributed by atoms with Crippen molar-refractivity contribution in [3.63, 3.8) is 0 Å². The highest BCUT2D eigenvalue weighted by Gasteiger charge is 2.15. The van der Waals surface area contributed by atoms with Crippen molar-refractivity contribution in [1.29, 1.82) is 0 Å². The van der Waals surface area contributed by atoms with E-state index in [0.717, 1.165) is 11.4 Å². The predicted molar refractivity (Wildman–Crippen MR) is 74.5 cm³/mol. The number of anilines is 1. The largest absolute Gasteiger partial charge is 0.363 e. The van der Waals surface area contributed by atoms with Crippen molar-refractivity contribution in [2.24, 2.45) is 5.41 Å². The summed E-state index contributed by atoms with van der Waals surface area (Å²) in [4.78, 5) is 17.9. The van der Waals surface area contributed by atoms with Gasteiger partial charge < -0.3 is 10.2 Å². The maximum Gasteiger partial charge on any atom is 0.220 e. The molecule has 1 aromatic rings. The van der Waals surface area contributed by atoms with Crippen LogP contribution in [0.4, 0.5) is 5.82 Å². The summed E-state index contributed by atoms with van der Waals surface area (Å²) >= 11 is 0. The molecule has 4 heteroatoms. The highest BCUT2D eigenvalue weighted by molar-refractivity contribution is 5.76. The maximum atomic E-state index is 11.7. The van der Waals surface area contributed by atoms with Crippen molar-refractivity contribution in [1.82, 2.24) is 10.3 Å². The number of pyridine rings is 1. The Morgan fingerprint density at radius 2 is 2.06 bits per heavy atom. The third-order valence-electron chi connectivity index (χ3n) is 2.45. The number of hydrogen-bond acceptors (Lipinski definition) is 3. The molecule has 1 rings (SSSR count). The third kappa shape index (κ3) is 5.17. The Morgan fingerprint density at radius 3 is 2.61 bits per heavy atom. The number of nitrogens with zero attached hydrogens (tertiary/aromatic N) is 2. The van der Waals surface area contributed by atoms with Crippen LogP contribution in [0, 0.1) is 5.41 Å². The van der Waals surface area contributed by atoms with Crippen LogP contribution in [0.1, 0.15) is 32.8 Å². The second-order valence-electron chi connectivity index (χ2n) is 5.93. The summed E-state index contributed by atoms with van der Waals surface area (Å²) < 4.78 is 0. The molecule has 0 fully saturated rings. The summed E-state index contributed by atoms with van der Waals surface area (Å²) in [6.07, 6.45) is 2.30. The van der Waals surface area contributed by atoms with E-state index in [1.54, 1.807) is 6.20 Å². The van der Waals surface area contributed by atoms with Gasteiger partial charge in [0.15, 0.2) is 0 Å². The normalized spacial score (nSPS) is 11.2. The smallest absolute Gasteiger partial charge is 0.220 e. The number of carbonyl (C=O) groups excluding carboxylic acids is 1. The molecule has 1 heterocycles. The van der Waals surface area contributed by atoms with Crippen LogP contribution < -0.4 is 10.2 Å². The first-order valence-corrected chi connectivity index (χ1v) is 6.17. The van der Waals surface area contributed by atoms with E-state index < -0.39 is 0 Å². The Morgan fingerprint density at radius 1 is 1.39 bits per heavy atom. The van der Waals surface area contributed by atoms with Crippen LogP contribution in [0.15, 0.2) is 18.3 Å². The lowest BCUT2D eigenvalue weighted by Crippen LogP contribution is -2.27. The van der Waals surface area contributed by atoms with Gasteiger partial charge in [0.05, 0.1) is 0 Å². The molecule has 1 N–H and O–H groups in total. The summed E-state index contributed by atoms with van der Waals surface area (Å²) in [7, 11) is 3.90. The van der Waals surface area contributed by atoms with Gasteiger partial charge in [0.2, 0.25) is 5.91 Å². The Kier molecular flexibility index (Phi) is 4.70. The van der Waals surface area contributed by atoms with Gasteiger partial charge in [-0.2, -0.15) is 0 Å². The third-order valence-corrected chi connectivity index (χ3v) is 2.45. The molecule has 100 valence electrons. The van der Waals surface area contributed by atoms with E-state index in [4.69, 9.17) is 0 Å². The van der Waals surface area contributed by atoms with Gasteiger partial charge in [-0.05, 0) is 23.1 Å². The van der Waals surface area contributed by atoms with Crippen LogP contribution in [0.2, 0.25) is 0 Å². The zero-order chi connectivity index (χ0) is 13.8. The summed E-state index contributed by atoms with van der Waals surface area (Å²) in [5.41, 5.74) is 1.09. The van der Waals surface area contributed by atoms with Crippen molar-refractivity contribution in [3.8, 4) is 0 Å². The second-order valence-corrected chi connectivity index (χ2v) is 5.93. The first kappa shape index (κ1) is 14.5. The van der Waals surface area contributed by atoms with E-state index in [9.17, 15) is 4.79 Å². The van der Waals surface area contributed by atoms with E-state index in [1.807, 2.05) is 31.1 Å². The van der Waals surface area contributed by atoms with Gasteiger partial charge in [-0.25, -0.2) is 4.98 Å². The molecule has 0 atom stereocenters. The fraction of sp³-hybridized carbons (Fsp3) is 0.571. The molecule has 0 aliphatic heterocycles. The molecular formula is C14H23N3O. The topological polar surface area (TPSA) is 45.2 Å². The SMILES string of the molecule is CN(C)c1cc(CNC(=O)CC(C)(C)C)ccn1. The van der Waals surface area contributed by atoms with Gasteiger partial charge in [0.25, 0.3) is 0 Å². The van der Waals surface area contributed by atoms with Crippen LogP contribution in [0.3, 0.4) is 0 Å². The van der Waals surface area contributed by atoms with Crippen molar-refractivity contribution >= 4 is 11.7 Å². The first-order chi connectivity index (χ1) is 8.28. The van der Waals surface area contributed by atoms with Crippen LogP contribution in [-0.4, -0.2) is 25.0 Å². The van der Waals surface area contributed by atoms with E-state index in [2.05, 4.69) is 31.1 Å². The molecule has 0 saturated carbocycles. The Balaban J connectivity index is 2.53. The van der Waals surface area contributed by atoms with Crippen LogP contribution in [0.25, 0.3) is 0 Å². The van der Waals surface area contributed by atoms with E-state index in [-0.39, 0.29) is 11.3 Å². The molecule has 0 aromatic carbocycles. The number of hydrogen-bond donors (Lipinski definition) is 1. The Labute approximate surface area is 109 Å². The number of amides is 1. The summed E-state index contributed by atoms with van der Waals surface area (Å²) in [5, 5.41) is 2.94. The molecule has 18 heavy (non-hydrogen) atoms. The number of aromatic nitrogens is 1. The molecule has 1 amide bonds. The van der Waals surface area contributed by atoms with Crippen LogP contribution >= 0.6 is 0 Å². The summed E-state index contributed by atoms with van der Waals surface area (Å²) in [6, 6.07) is 3.90. The quantitative estimate of drug-likeness (QED) is 0.889. The average molecular weight is 249 g/mol. The van der Waals surface area contributed by atoms with Crippen molar-refractivity contribution in [2.45, 2.75) is 33.7 Å². The van der Waals surface area contributed by atoms with Gasteiger partial charge in [0.1, 0.15) is 5.82 Å². The maximum absolute atomic E-state index is 11.7. The molecule has 0 aliphatic carbocycles. The summed E-state index contributed by atoms with van der Waals surface area (Å²) in [6.45, 7) is 6.73. The lowest BCUT2D eigenvalue weighted by Gasteiger charge is -2.17. The van der Waals surface area contributed by atoms with Crippen LogP contribution in [-0.2, 0) is 11.3 Å². The van der Waals surface area contributed by atoms with Crippen molar-refractivity contribution < 1.29 is 4.79 Å². The standard InChI is InChI=1S/C14H23N3O/c1-14(2,3)9-13(18)16-10-11-6-7-15-12(8-11)17(4)5/h6-8H,9-10H2,1-5H3,(H,16,18). The molecular weight excluding hydrogens is 226 g/mol. The Hall–Kier alpha value is -1.58. The lowest BCUT2D eigenvalue weighted by molar-refractivity contribution is -0.122. The minimum atomic E-state index is 0.0249. The fourth-order valence-electron chi connectivity index (χ4n) is 1.56. The summed E-state index contributed by atoms with van der Waals surface area (Å²) in [5.74, 6) is 0.989. The lowest BCUT2D eigenvalue weighted by atomic mass is 9.92. The minimum absolute atomic E-state index is 0.0249. The van der Waals surface area contributed by atoms with E-state index in [1.165, 1.54) is 0 Å². The minimum Gasteiger partial charge on any atom is -0.363 e. The second kappa shape index (κ2) is 5.85. The molecule has 0 aliphatic rings. The van der Waals surface area contributed by atoms with Gasteiger partial charge in [-0.1, -0.05) is 20.8 Å². The number of nitrogens with one attached hydrogen (secondary N) is 1. The highest BCUT2D eigenvalue weighted by atomic mass is 16.1. The zero-order valence-corrected chi connectivity index (χ0v) is 11.9. The molecule has 0 unspecified atom stereocenters. The molecule has 0 spiro atoms. The average Bonchev–Trinajstić information content (AvgIpc) is 2.24. The predicted octanol–water partition coefficient (Wildman–Crippen LogP) is 2.20. The van der Waals surface area contributed by atoms with Crippen molar-refractivity contribution in [2.75, 3.05) is 19.0 Å². The monoisotopic (exact) mass is 249 g/mol. The molecule has 0 radical (unpaired) electrons. The Bertz CT molecular complexity index is 408. The van der Waals surface area contributed by atoms with Crippen LogP contribution in [0.5, 0.6) is 0 Å². The van der Waals surface area contributed by atoms with Gasteiger partial charge >= 0.3 is 0 Å². The van der Waals surface area contributed by atoms with E-state index in [0.29, 0.717) is 13.0 Å². The number of carbonyl (C=O) groups is 1.